The molecule has 0 bridgehead atoms. The van der Waals surface area contributed by atoms with Gasteiger partial charge in [-0.2, -0.15) is 5.10 Å². The zero-order valence-electron chi connectivity index (χ0n) is 7.09. The van der Waals surface area contributed by atoms with Gasteiger partial charge in [-0.25, -0.2) is 8.78 Å². The van der Waals surface area contributed by atoms with Gasteiger partial charge in [0.25, 0.3) is 6.43 Å². The van der Waals surface area contributed by atoms with Crippen LogP contribution in [0, 0.1) is 12.3 Å². The minimum Gasteiger partial charge on any atom is -0.384 e. The molecule has 0 spiro atoms. The van der Waals surface area contributed by atoms with Crippen molar-refractivity contribution in [2.45, 2.75) is 19.9 Å². The third-order valence-electron chi connectivity index (χ3n) is 1.56. The fourth-order valence-corrected chi connectivity index (χ4v) is 1.02. The van der Waals surface area contributed by atoms with E-state index >= 15 is 0 Å². The van der Waals surface area contributed by atoms with Crippen molar-refractivity contribution < 1.29 is 8.78 Å². The first-order valence-electron chi connectivity index (χ1n) is 3.67. The SMILES string of the molecule is Cc1nn(CC(F)F)cc1C(=N)N. The van der Waals surface area contributed by atoms with E-state index in [2.05, 4.69) is 5.10 Å². The molecule has 1 rings (SSSR count). The second-order valence-electron chi connectivity index (χ2n) is 2.65. The molecule has 0 aliphatic rings. The van der Waals surface area contributed by atoms with E-state index in [0.29, 0.717) is 11.3 Å². The second kappa shape index (κ2) is 3.51. The first-order chi connectivity index (χ1) is 6.00. The maximum Gasteiger partial charge on any atom is 0.257 e. The summed E-state index contributed by atoms with van der Waals surface area (Å²) in [5.74, 6) is -0.155. The van der Waals surface area contributed by atoms with Gasteiger partial charge in [0.1, 0.15) is 12.4 Å². The number of nitrogens with two attached hydrogens (primary N) is 1. The van der Waals surface area contributed by atoms with E-state index in [1.54, 1.807) is 6.92 Å². The first kappa shape index (κ1) is 9.63. The number of halogens is 2. The molecular weight excluding hydrogens is 178 g/mol. The lowest BCUT2D eigenvalue weighted by Crippen LogP contribution is -2.11. The largest absolute Gasteiger partial charge is 0.384 e. The summed E-state index contributed by atoms with van der Waals surface area (Å²) in [7, 11) is 0. The van der Waals surface area contributed by atoms with E-state index in [9.17, 15) is 8.78 Å². The van der Waals surface area contributed by atoms with Gasteiger partial charge in [-0.05, 0) is 6.92 Å². The fourth-order valence-electron chi connectivity index (χ4n) is 1.02. The van der Waals surface area contributed by atoms with Gasteiger partial charge >= 0.3 is 0 Å². The summed E-state index contributed by atoms with van der Waals surface area (Å²) in [6.07, 6.45) is -1.09. The fraction of sp³-hybridized carbons (Fsp3) is 0.429. The smallest absolute Gasteiger partial charge is 0.257 e. The number of alkyl halides is 2. The number of aryl methyl sites for hydroxylation is 1. The Balaban J connectivity index is 2.89. The van der Waals surface area contributed by atoms with Crippen molar-refractivity contribution in [2.75, 3.05) is 0 Å². The molecular formula is C7H10F2N4. The van der Waals surface area contributed by atoms with Gasteiger partial charge in [0.2, 0.25) is 0 Å². The molecule has 3 N–H and O–H groups in total. The summed E-state index contributed by atoms with van der Waals surface area (Å²) in [6, 6.07) is 0. The van der Waals surface area contributed by atoms with Gasteiger partial charge < -0.3 is 5.73 Å². The Hall–Kier alpha value is -1.46. The van der Waals surface area contributed by atoms with Gasteiger partial charge in [-0.3, -0.25) is 10.1 Å². The molecule has 0 saturated heterocycles. The number of nitrogens with zero attached hydrogens (tertiary/aromatic N) is 2. The molecule has 1 aromatic rings. The van der Waals surface area contributed by atoms with Crippen LogP contribution in [0.1, 0.15) is 11.3 Å². The number of rotatable bonds is 3. The number of hydrogen-bond acceptors (Lipinski definition) is 2. The molecule has 6 heteroatoms. The van der Waals surface area contributed by atoms with Crippen molar-refractivity contribution in [1.29, 1.82) is 5.41 Å². The Labute approximate surface area is 73.9 Å². The van der Waals surface area contributed by atoms with E-state index in [-0.39, 0.29) is 5.84 Å². The third-order valence-corrected chi connectivity index (χ3v) is 1.56. The van der Waals surface area contributed by atoms with Crippen molar-refractivity contribution >= 4 is 5.84 Å². The summed E-state index contributed by atoms with van der Waals surface area (Å²) < 4.78 is 24.9. The normalized spacial score (nSPS) is 10.8. The van der Waals surface area contributed by atoms with E-state index in [0.717, 1.165) is 4.68 Å². The highest BCUT2D eigenvalue weighted by molar-refractivity contribution is 5.95. The molecule has 0 saturated carbocycles. The Morgan fingerprint density at radius 1 is 1.77 bits per heavy atom. The zero-order chi connectivity index (χ0) is 10.0. The summed E-state index contributed by atoms with van der Waals surface area (Å²) in [5.41, 5.74) is 6.10. The van der Waals surface area contributed by atoms with Crippen LogP contribution in [0.4, 0.5) is 8.78 Å². The van der Waals surface area contributed by atoms with Gasteiger partial charge in [0, 0.05) is 6.20 Å². The maximum absolute atomic E-state index is 11.9. The van der Waals surface area contributed by atoms with Gasteiger partial charge in [0.15, 0.2) is 0 Å². The minimum atomic E-state index is -2.45. The Kier molecular flexibility index (Phi) is 2.60. The molecule has 0 amide bonds. The highest BCUT2D eigenvalue weighted by atomic mass is 19.3. The molecule has 0 unspecified atom stereocenters. The Morgan fingerprint density at radius 2 is 2.38 bits per heavy atom. The van der Waals surface area contributed by atoms with Crippen LogP contribution in [0.25, 0.3) is 0 Å². The summed E-state index contributed by atoms with van der Waals surface area (Å²) in [6.45, 7) is 1.16. The second-order valence-corrected chi connectivity index (χ2v) is 2.65. The Morgan fingerprint density at radius 3 is 2.77 bits per heavy atom. The summed E-state index contributed by atoms with van der Waals surface area (Å²) in [5, 5.41) is 10.9. The predicted molar refractivity (Wildman–Crippen MR) is 44.0 cm³/mol. The van der Waals surface area contributed by atoms with Crippen LogP contribution in [0.15, 0.2) is 6.20 Å². The molecule has 1 aromatic heterocycles. The number of amidine groups is 1. The standard InChI is InChI=1S/C7H10F2N4/c1-4-5(7(10)11)2-13(12-4)3-6(8)9/h2,6H,3H2,1H3,(H3,10,11). The Bertz CT molecular complexity index is 318. The number of hydrogen-bond donors (Lipinski definition) is 2. The molecule has 0 aliphatic heterocycles. The molecule has 13 heavy (non-hydrogen) atoms. The number of aromatic nitrogens is 2. The lowest BCUT2D eigenvalue weighted by atomic mass is 10.2. The molecule has 0 aliphatic carbocycles. The van der Waals surface area contributed by atoms with Crippen LogP contribution in [-0.2, 0) is 6.54 Å². The molecule has 0 atom stereocenters. The van der Waals surface area contributed by atoms with Crippen molar-refractivity contribution in [1.82, 2.24) is 9.78 Å². The zero-order valence-corrected chi connectivity index (χ0v) is 7.09. The van der Waals surface area contributed by atoms with E-state index < -0.39 is 13.0 Å². The van der Waals surface area contributed by atoms with Gasteiger partial charge in [0.05, 0.1) is 11.3 Å². The van der Waals surface area contributed by atoms with Gasteiger partial charge in [-0.1, -0.05) is 0 Å². The first-order valence-corrected chi connectivity index (χ1v) is 3.67. The van der Waals surface area contributed by atoms with E-state index in [4.69, 9.17) is 11.1 Å². The maximum atomic E-state index is 11.9. The lowest BCUT2D eigenvalue weighted by molar-refractivity contribution is 0.121. The summed E-state index contributed by atoms with van der Waals surface area (Å²) in [4.78, 5) is 0. The van der Waals surface area contributed by atoms with E-state index in [1.807, 2.05) is 0 Å². The van der Waals surface area contributed by atoms with Crippen LogP contribution in [0.3, 0.4) is 0 Å². The van der Waals surface area contributed by atoms with Crippen LogP contribution in [0.5, 0.6) is 0 Å². The quantitative estimate of drug-likeness (QED) is 0.542. The monoisotopic (exact) mass is 188 g/mol. The highest BCUT2D eigenvalue weighted by Crippen LogP contribution is 2.06. The average Bonchev–Trinajstić information content (AvgIpc) is 2.29. The summed E-state index contributed by atoms with van der Waals surface area (Å²) >= 11 is 0. The number of nitrogen functional groups attached to an aromatic ring is 1. The van der Waals surface area contributed by atoms with Gasteiger partial charge in [-0.15, -0.1) is 0 Å². The van der Waals surface area contributed by atoms with E-state index in [1.165, 1.54) is 6.20 Å². The number of nitrogens with one attached hydrogen (secondary N) is 1. The third kappa shape index (κ3) is 2.24. The molecule has 1 heterocycles. The van der Waals surface area contributed by atoms with Crippen LogP contribution in [0.2, 0.25) is 0 Å². The van der Waals surface area contributed by atoms with Crippen molar-refractivity contribution in [3.8, 4) is 0 Å². The topological polar surface area (TPSA) is 67.7 Å². The van der Waals surface area contributed by atoms with Crippen molar-refractivity contribution in [3.05, 3.63) is 17.5 Å². The molecule has 4 nitrogen and oxygen atoms in total. The predicted octanol–water partition coefficient (Wildman–Crippen LogP) is 0.741. The van der Waals surface area contributed by atoms with Crippen molar-refractivity contribution in [3.63, 3.8) is 0 Å². The molecule has 0 radical (unpaired) electrons. The van der Waals surface area contributed by atoms with Crippen LogP contribution >= 0.6 is 0 Å². The molecule has 0 fully saturated rings. The lowest BCUT2D eigenvalue weighted by Gasteiger charge is -1.97. The van der Waals surface area contributed by atoms with Crippen LogP contribution in [-0.4, -0.2) is 22.0 Å². The minimum absolute atomic E-state index is 0.155. The average molecular weight is 188 g/mol. The molecule has 72 valence electrons. The molecule has 0 aromatic carbocycles. The van der Waals surface area contributed by atoms with Crippen molar-refractivity contribution in [2.24, 2.45) is 5.73 Å². The highest BCUT2D eigenvalue weighted by Gasteiger charge is 2.10. The van der Waals surface area contributed by atoms with Crippen LogP contribution < -0.4 is 5.73 Å².